The molecule has 2 rings (SSSR count). The molecule has 93 heavy (non-hydrogen) atoms. The predicted octanol–water partition coefficient (Wildman–Crippen LogP) is 5.06. The van der Waals surface area contributed by atoms with Crippen LogP contribution in [0.3, 0.4) is 0 Å². The predicted molar refractivity (Wildman–Crippen MR) is 348 cm³/mol. The average Bonchev–Trinajstić information content (AvgIpc) is 0.853. The van der Waals surface area contributed by atoms with E-state index in [2.05, 4.69) is 26.6 Å². The van der Waals surface area contributed by atoms with Crippen LogP contribution in [0, 0.1) is 5.41 Å². The van der Waals surface area contributed by atoms with E-state index in [-0.39, 0.29) is 32.3 Å². The minimum absolute atomic E-state index is 0.0864. The van der Waals surface area contributed by atoms with Crippen LogP contribution in [0.15, 0.2) is 0 Å². The van der Waals surface area contributed by atoms with Gasteiger partial charge in [-0.2, -0.15) is 0 Å². The third-order valence-electron chi connectivity index (χ3n) is 14.9. The molecule has 0 aromatic carbocycles. The minimum Gasteiger partial charge on any atom is -0.379 e. The zero-order chi connectivity index (χ0) is 69.6. The Balaban J connectivity index is 2.88. The fourth-order valence-corrected chi connectivity index (χ4v) is 10.5. The summed E-state index contributed by atoms with van der Waals surface area (Å²) in [7, 11) is 0. The first-order chi connectivity index (χ1) is 44.3. The quantitative estimate of drug-likeness (QED) is 0.0263. The Bertz CT molecular complexity index is 2080. The number of carbonyl (C=O) groups excluding carboxylic acids is 6. The first-order valence-electron chi connectivity index (χ1n) is 34.4. The van der Waals surface area contributed by atoms with Crippen molar-refractivity contribution in [2.45, 2.75) is 298 Å². The maximum Gasteiger partial charge on any atom is 0.246 e. The number of nitrogens with one attached hydrogen (secondary N) is 5. The lowest BCUT2D eigenvalue weighted by Crippen LogP contribution is -2.67. The molecule has 2 aliphatic rings. The molecule has 5 amide bonds. The molecule has 0 aromatic heterocycles. The van der Waals surface area contributed by atoms with E-state index in [4.69, 9.17) is 77.1 Å². The monoisotopic (exact) mass is 1340 g/mol. The summed E-state index contributed by atoms with van der Waals surface area (Å²) in [5.41, 5.74) is 5.61. The molecule has 0 aromatic rings. The lowest BCUT2D eigenvalue weighted by molar-refractivity contribution is -0.374. The van der Waals surface area contributed by atoms with Crippen molar-refractivity contribution in [1.82, 2.24) is 26.6 Å². The Morgan fingerprint density at radius 1 is 0.462 bits per heavy atom. The van der Waals surface area contributed by atoms with Gasteiger partial charge in [0.2, 0.25) is 29.5 Å². The second-order valence-electron chi connectivity index (χ2n) is 25.1. The largest absolute Gasteiger partial charge is 0.379 e. The number of ketones is 1. The summed E-state index contributed by atoms with van der Waals surface area (Å²) < 4.78 is 82.9. The van der Waals surface area contributed by atoms with Gasteiger partial charge in [0.05, 0.1) is 38.6 Å². The molecule has 0 saturated carbocycles. The molecule has 27 heteroatoms. The van der Waals surface area contributed by atoms with Gasteiger partial charge in [0.15, 0.2) is 18.4 Å². The van der Waals surface area contributed by atoms with Gasteiger partial charge in [-0.25, -0.2) is 9.78 Å². The molecule has 2 saturated heterocycles. The third-order valence-corrected chi connectivity index (χ3v) is 14.9. The van der Waals surface area contributed by atoms with E-state index in [9.17, 15) is 24.0 Å². The van der Waals surface area contributed by atoms with Crippen molar-refractivity contribution in [3.8, 4) is 0 Å². The van der Waals surface area contributed by atoms with E-state index in [0.717, 1.165) is 12.8 Å². The molecule has 0 spiro atoms. The highest BCUT2D eigenvalue weighted by Gasteiger charge is 2.52. The van der Waals surface area contributed by atoms with E-state index in [1.807, 2.05) is 62.3 Å². The molecule has 0 bridgehead atoms. The molecule has 7 N–H and O–H groups in total. The van der Waals surface area contributed by atoms with Crippen molar-refractivity contribution < 1.29 is 100 Å². The Labute approximate surface area is 555 Å². The highest BCUT2D eigenvalue weighted by atomic mass is 17.2. The summed E-state index contributed by atoms with van der Waals surface area (Å²) in [4.78, 5) is 96.2. The molecule has 27 nitrogen and oxygen atoms in total. The number of carbonyl (C=O) groups is 6. The van der Waals surface area contributed by atoms with Crippen molar-refractivity contribution in [2.75, 3.05) is 85.9 Å². The second-order valence-corrected chi connectivity index (χ2v) is 25.1. The number of hydrogen-bond acceptors (Lipinski definition) is 22. The lowest BCUT2D eigenvalue weighted by Gasteiger charge is -2.47. The molecule has 0 aliphatic carbocycles. The molecule has 2 aliphatic heterocycles. The van der Waals surface area contributed by atoms with E-state index in [1.54, 1.807) is 34.6 Å². The molecule has 18 unspecified atom stereocenters. The van der Waals surface area contributed by atoms with Gasteiger partial charge in [0, 0.05) is 85.6 Å². The van der Waals surface area contributed by atoms with Crippen LogP contribution in [0.25, 0.3) is 0 Å². The summed E-state index contributed by atoms with van der Waals surface area (Å²) >= 11 is 0. The van der Waals surface area contributed by atoms with Crippen LogP contribution in [0.1, 0.15) is 182 Å². The zero-order valence-electron chi connectivity index (χ0n) is 59.7. The molecular weight excluding hydrogens is 1210 g/mol. The molecule has 2 heterocycles. The normalized spacial score (nSPS) is 24.7. The summed E-state index contributed by atoms with van der Waals surface area (Å²) in [6.45, 7) is 34.4. The Kier molecular flexibility index (Phi) is 43.5. The van der Waals surface area contributed by atoms with Gasteiger partial charge in [-0.15, -0.1) is 0 Å². The number of ether oxygens (including phenoxy) is 13. The van der Waals surface area contributed by atoms with Crippen molar-refractivity contribution >= 4 is 35.3 Å². The number of nitrogens with two attached hydrogens (primary N) is 1. The maximum absolute atomic E-state index is 15.5. The van der Waals surface area contributed by atoms with Gasteiger partial charge < -0.3 is 93.9 Å². The maximum atomic E-state index is 15.5. The number of amides is 5. The smallest absolute Gasteiger partial charge is 0.246 e. The minimum atomic E-state index is -1.70. The van der Waals surface area contributed by atoms with Gasteiger partial charge in [-0.05, 0) is 78.6 Å². The fraction of sp³-hybridized carbons (Fsp3) is 0.909. The SMILES string of the molecule is CCCOCC1OC(OCC(N)C(=O)NC(C(=O)NC(C(=O)C(C)(C)C)C(C)OC2OC(COCCC)C(OCCC)C(OCCC)C2NC(C)=O)C(C)OOC(COCCC)C(OCCC)C(OCCC)[C@@H](C)NC(C)=O)C(NC(C)=O)C(OCCC)C1OCCC. The standard InChI is InChI=1S/C66H124N6O21/c1-19-28-79-38-48-56(83-32-23-5)59(86-35-26-8)53(69-45(14)74)64(90-48)88-37-47(67)62(77)72-52(43(12)92-93-50(40-81-30-21-3)58(85-34-25-7)55(82-31-22-4)41(10)68-44(13)73)63(78)71-51(61(76)66(16,17)18)42(11)89-65-54(70-46(15)75)60(87-36-27-9)57(84-33-24-6)49(91-65)39-80-29-20-2/h41-43,47-60,64-65H,19-40,67H2,1-18H3,(H,68,73)(H,69,74)(H,70,75)(H,71,78)(H,72,77)/t41-,42?,43?,47?,48?,49?,50?,51?,52?,53?,54?,55?,56?,57?,58?,59?,60?,64?,65?/m1/s1. The zero-order valence-corrected chi connectivity index (χ0v) is 59.7. The fourth-order valence-electron chi connectivity index (χ4n) is 10.5. The Morgan fingerprint density at radius 3 is 1.34 bits per heavy atom. The molecule has 19 atom stereocenters. The van der Waals surface area contributed by atoms with Crippen LogP contribution in [-0.4, -0.2) is 237 Å². The van der Waals surface area contributed by atoms with Gasteiger partial charge in [0.1, 0.15) is 91.2 Å². The number of hydrogen-bond donors (Lipinski definition) is 6. The van der Waals surface area contributed by atoms with E-state index >= 15 is 4.79 Å². The van der Waals surface area contributed by atoms with Crippen LogP contribution in [0.5, 0.6) is 0 Å². The highest BCUT2D eigenvalue weighted by molar-refractivity contribution is 5.96. The van der Waals surface area contributed by atoms with Crippen LogP contribution in [0.2, 0.25) is 0 Å². The number of Topliss-reactive ketones (excluding diaryl/α,β-unsaturated/α-hetero) is 1. The first kappa shape index (κ1) is 85.5. The number of rotatable bonds is 51. The summed E-state index contributed by atoms with van der Waals surface area (Å²) in [5, 5.41) is 14.4. The van der Waals surface area contributed by atoms with Crippen LogP contribution in [0.4, 0.5) is 0 Å². The molecular formula is C66H124N6O21. The Hall–Kier alpha value is -3.62. The first-order valence-corrected chi connectivity index (χ1v) is 34.4. The van der Waals surface area contributed by atoms with Gasteiger partial charge >= 0.3 is 0 Å². The molecule has 0 radical (unpaired) electrons. The topological polar surface area (TPSA) is 327 Å². The molecule has 2 fully saturated rings. The summed E-state index contributed by atoms with van der Waals surface area (Å²) in [5.74, 6) is -3.42. The third kappa shape index (κ3) is 30.4. The van der Waals surface area contributed by atoms with Crippen LogP contribution < -0.4 is 32.3 Å². The lowest BCUT2D eigenvalue weighted by atomic mass is 9.84. The Morgan fingerprint density at radius 2 is 0.892 bits per heavy atom. The van der Waals surface area contributed by atoms with Crippen molar-refractivity contribution in [3.05, 3.63) is 0 Å². The van der Waals surface area contributed by atoms with E-state index < -0.39 is 157 Å². The van der Waals surface area contributed by atoms with Gasteiger partial charge in [-0.1, -0.05) is 83.1 Å². The van der Waals surface area contributed by atoms with Crippen molar-refractivity contribution in [1.29, 1.82) is 0 Å². The van der Waals surface area contributed by atoms with Crippen molar-refractivity contribution in [2.24, 2.45) is 11.1 Å². The summed E-state index contributed by atoms with van der Waals surface area (Å²) in [6, 6.07) is -7.20. The average molecular weight is 1340 g/mol. The van der Waals surface area contributed by atoms with E-state index in [1.165, 1.54) is 27.7 Å². The van der Waals surface area contributed by atoms with E-state index in [0.29, 0.717) is 97.8 Å². The highest BCUT2D eigenvalue weighted by Crippen LogP contribution is 2.32. The second kappa shape index (κ2) is 47.3. The molecule has 544 valence electrons. The van der Waals surface area contributed by atoms with Crippen molar-refractivity contribution in [3.63, 3.8) is 0 Å². The van der Waals surface area contributed by atoms with Crippen LogP contribution >= 0.6 is 0 Å². The van der Waals surface area contributed by atoms with Crippen LogP contribution in [-0.2, 0) is 100 Å². The van der Waals surface area contributed by atoms with Gasteiger partial charge in [-0.3, -0.25) is 28.8 Å². The summed E-state index contributed by atoms with van der Waals surface area (Å²) in [6.07, 6.45) is -6.34. The van der Waals surface area contributed by atoms with Gasteiger partial charge in [0.25, 0.3) is 0 Å².